The number of carbonyl (C=O) groups excluding carboxylic acids is 2. The monoisotopic (exact) mass is 462 g/mol. The van der Waals surface area contributed by atoms with Crippen LogP contribution in [0.3, 0.4) is 0 Å². The van der Waals surface area contributed by atoms with Gasteiger partial charge in [-0.3, -0.25) is 14.2 Å². The first kappa shape index (κ1) is 27.0. The summed E-state index contributed by atoms with van der Waals surface area (Å²) in [5.41, 5.74) is 0. The smallest absolute Gasteiger partial charge is 0.337 e. The predicted molar refractivity (Wildman–Crippen MR) is 102 cm³/mol. The van der Waals surface area contributed by atoms with Gasteiger partial charge >= 0.3 is 13.6 Å². The fourth-order valence-corrected chi connectivity index (χ4v) is 4.47. The molecule has 0 unspecified atom stereocenters. The Bertz CT molecular complexity index is 600. The third kappa shape index (κ3) is 9.02. The number of Topliss-reactive ketones (excluding diaryl/α,β-unsaturated/α-hetero) is 1. The van der Waals surface area contributed by atoms with Gasteiger partial charge < -0.3 is 13.8 Å². The highest BCUT2D eigenvalue weighted by molar-refractivity contribution is 7.54. The average Bonchev–Trinajstić information content (AvgIpc) is 2.68. The molecule has 2 rings (SSSR count). The lowest BCUT2D eigenvalue weighted by Gasteiger charge is -2.27. The van der Waals surface area contributed by atoms with E-state index >= 15 is 0 Å². The molecule has 0 heterocycles. The number of rotatable bonds is 7. The Morgan fingerprint density at radius 2 is 1.27 bits per heavy atom. The summed E-state index contributed by atoms with van der Waals surface area (Å²) in [6.07, 6.45) is -0.485. The van der Waals surface area contributed by atoms with E-state index in [0.29, 0.717) is 6.61 Å². The maximum absolute atomic E-state index is 12.9. The summed E-state index contributed by atoms with van der Waals surface area (Å²) < 4.78 is 76.9. The fourth-order valence-electron chi connectivity index (χ4n) is 3.42. The molecule has 6 nitrogen and oxygen atoms in total. The number of ketones is 1. The van der Waals surface area contributed by atoms with Crippen LogP contribution in [0.1, 0.15) is 58.3 Å². The first-order chi connectivity index (χ1) is 13.9. The van der Waals surface area contributed by atoms with E-state index < -0.39 is 25.4 Å². The minimum atomic E-state index is -3.37. The van der Waals surface area contributed by atoms with Gasteiger partial charge in [-0.05, 0) is 32.6 Å². The van der Waals surface area contributed by atoms with E-state index in [1.165, 1.54) is 14.2 Å². The zero-order chi connectivity index (χ0) is 23.0. The minimum Gasteiger partial charge on any atom is -0.466 e. The summed E-state index contributed by atoms with van der Waals surface area (Å²) in [5.74, 6) is -6.62. The molecule has 0 amide bonds. The van der Waals surface area contributed by atoms with Gasteiger partial charge in [-0.25, -0.2) is 17.6 Å². The topological polar surface area (TPSA) is 78.9 Å². The lowest BCUT2D eigenvalue weighted by Crippen LogP contribution is -2.30. The molecule has 2 aliphatic rings. The molecular formula is C19H31F4O6P. The first-order valence-electron chi connectivity index (χ1n) is 10.0. The van der Waals surface area contributed by atoms with Crippen LogP contribution in [0.4, 0.5) is 17.6 Å². The molecule has 30 heavy (non-hydrogen) atoms. The van der Waals surface area contributed by atoms with Crippen molar-refractivity contribution in [2.24, 2.45) is 11.8 Å². The number of esters is 1. The van der Waals surface area contributed by atoms with Crippen LogP contribution in [0.15, 0.2) is 0 Å². The van der Waals surface area contributed by atoms with Gasteiger partial charge in [0.2, 0.25) is 11.8 Å². The number of hydrogen-bond donors (Lipinski definition) is 0. The minimum absolute atomic E-state index is 0.138. The van der Waals surface area contributed by atoms with Gasteiger partial charge in [0.15, 0.2) is 0 Å². The molecule has 0 bridgehead atoms. The van der Waals surface area contributed by atoms with E-state index in [9.17, 15) is 31.7 Å². The molecule has 11 heteroatoms. The highest BCUT2D eigenvalue weighted by Gasteiger charge is 2.39. The molecule has 2 fully saturated rings. The Hall–Kier alpha value is -0.990. The summed E-state index contributed by atoms with van der Waals surface area (Å²) in [5, 5.41) is 0. The van der Waals surface area contributed by atoms with Crippen molar-refractivity contribution in [3.63, 3.8) is 0 Å². The number of alkyl halides is 4. The predicted octanol–water partition coefficient (Wildman–Crippen LogP) is 5.24. The third-order valence-corrected chi connectivity index (χ3v) is 7.23. The Kier molecular flexibility index (Phi) is 10.4. The van der Waals surface area contributed by atoms with Crippen molar-refractivity contribution in [3.05, 3.63) is 0 Å². The fraction of sp³-hybridized carbons (Fsp3) is 0.895. The molecule has 0 saturated heterocycles. The Morgan fingerprint density at radius 1 is 0.867 bits per heavy atom. The zero-order valence-corrected chi connectivity index (χ0v) is 18.5. The quantitative estimate of drug-likeness (QED) is 0.292. The molecule has 0 aromatic heterocycles. The van der Waals surface area contributed by atoms with Crippen molar-refractivity contribution in [2.45, 2.75) is 70.1 Å². The van der Waals surface area contributed by atoms with E-state index in [0.717, 1.165) is 0 Å². The molecule has 0 atom stereocenters. The molecule has 0 aromatic rings. The average molecular weight is 462 g/mol. The maximum Gasteiger partial charge on any atom is 0.337 e. The highest BCUT2D eigenvalue weighted by Crippen LogP contribution is 2.48. The zero-order valence-electron chi connectivity index (χ0n) is 17.6. The molecular weight excluding hydrogens is 431 g/mol. The van der Waals surface area contributed by atoms with Gasteiger partial charge in [0.05, 0.1) is 12.5 Å². The lowest BCUT2D eigenvalue weighted by molar-refractivity contribution is -0.152. The molecule has 0 aliphatic heterocycles. The lowest BCUT2D eigenvalue weighted by atomic mass is 9.84. The van der Waals surface area contributed by atoms with E-state index in [1.807, 2.05) is 0 Å². The normalized spacial score (nSPS) is 22.0. The number of ether oxygens (including phenoxy) is 1. The van der Waals surface area contributed by atoms with Crippen LogP contribution < -0.4 is 0 Å². The second-order valence-electron chi connectivity index (χ2n) is 7.61. The summed E-state index contributed by atoms with van der Waals surface area (Å²) in [4.78, 5) is 22.9. The van der Waals surface area contributed by atoms with Gasteiger partial charge in [-0.1, -0.05) is 0 Å². The van der Waals surface area contributed by atoms with Gasteiger partial charge in [-0.15, -0.1) is 0 Å². The molecule has 0 spiro atoms. The standard InChI is InChI=1S/C10H17F2O4P.C9H14F2O2/c1-15-17(14,16-2)7-9(13)8-3-5-10(11,12)6-4-8;1-2-13-8(12)7-3-5-9(10,11)6-4-7/h8H,3-7H2,1-2H3;7H,2-6H2,1H3. The van der Waals surface area contributed by atoms with Gasteiger partial charge in [0.1, 0.15) is 11.9 Å². The van der Waals surface area contributed by atoms with Crippen LogP contribution >= 0.6 is 7.60 Å². The SMILES string of the molecule is CCOC(=O)C1CCC(F)(F)CC1.COP(=O)(CC(=O)C1CCC(F)(F)CC1)OC. The number of carbonyl (C=O) groups is 2. The van der Waals surface area contributed by atoms with Crippen molar-refractivity contribution in [3.8, 4) is 0 Å². The van der Waals surface area contributed by atoms with E-state index in [1.54, 1.807) is 6.92 Å². The second kappa shape index (κ2) is 11.6. The summed E-state index contributed by atoms with van der Waals surface area (Å²) in [6, 6.07) is 0. The number of hydrogen-bond acceptors (Lipinski definition) is 6. The molecule has 0 aromatic carbocycles. The molecule has 2 aliphatic carbocycles. The van der Waals surface area contributed by atoms with Gasteiger partial charge in [0.25, 0.3) is 0 Å². The van der Waals surface area contributed by atoms with Crippen LogP contribution in [0.5, 0.6) is 0 Å². The van der Waals surface area contributed by atoms with Crippen molar-refractivity contribution < 1.29 is 45.5 Å². The highest BCUT2D eigenvalue weighted by atomic mass is 31.2. The summed E-state index contributed by atoms with van der Waals surface area (Å²) >= 11 is 0. The molecule has 2 saturated carbocycles. The van der Waals surface area contributed by atoms with Crippen molar-refractivity contribution in [1.29, 1.82) is 0 Å². The van der Waals surface area contributed by atoms with Crippen LogP contribution in [0, 0.1) is 11.8 Å². The van der Waals surface area contributed by atoms with Crippen molar-refractivity contribution >= 4 is 19.3 Å². The molecule has 0 radical (unpaired) electrons. The van der Waals surface area contributed by atoms with E-state index in [-0.39, 0.29) is 75.2 Å². The van der Waals surface area contributed by atoms with Crippen LogP contribution in [-0.2, 0) is 27.9 Å². The van der Waals surface area contributed by atoms with Gasteiger partial charge in [-0.2, -0.15) is 0 Å². The van der Waals surface area contributed by atoms with Crippen LogP contribution in [0.25, 0.3) is 0 Å². The van der Waals surface area contributed by atoms with Gasteiger partial charge in [0, 0.05) is 45.8 Å². The molecule has 0 N–H and O–H groups in total. The van der Waals surface area contributed by atoms with Crippen LogP contribution in [0.2, 0.25) is 0 Å². The van der Waals surface area contributed by atoms with Crippen molar-refractivity contribution in [1.82, 2.24) is 0 Å². The Morgan fingerprint density at radius 3 is 1.63 bits per heavy atom. The number of halogens is 4. The summed E-state index contributed by atoms with van der Waals surface area (Å²) in [6.45, 7) is 2.04. The first-order valence-corrected chi connectivity index (χ1v) is 11.8. The van der Waals surface area contributed by atoms with Crippen molar-refractivity contribution in [2.75, 3.05) is 27.0 Å². The van der Waals surface area contributed by atoms with E-state index in [4.69, 9.17) is 4.74 Å². The van der Waals surface area contributed by atoms with Crippen LogP contribution in [-0.4, -0.2) is 50.6 Å². The largest absolute Gasteiger partial charge is 0.466 e. The second-order valence-corrected chi connectivity index (χ2v) is 9.88. The maximum atomic E-state index is 12.9. The third-order valence-electron chi connectivity index (χ3n) is 5.42. The molecule has 176 valence electrons. The Balaban J connectivity index is 0.000000311. The van der Waals surface area contributed by atoms with E-state index in [2.05, 4.69) is 9.05 Å². The Labute approximate surface area is 174 Å². The summed E-state index contributed by atoms with van der Waals surface area (Å²) in [7, 11) is -0.971.